The third kappa shape index (κ3) is 4.02. The lowest BCUT2D eigenvalue weighted by atomic mass is 9.91. The van der Waals surface area contributed by atoms with Crippen molar-refractivity contribution in [1.29, 1.82) is 0 Å². The number of rotatable bonds is 0. The first-order valence-electron chi connectivity index (χ1n) is 6.83. The van der Waals surface area contributed by atoms with Gasteiger partial charge in [-0.1, -0.05) is 34.4 Å². The quantitative estimate of drug-likeness (QED) is 0.616. The predicted molar refractivity (Wildman–Crippen MR) is 86.4 cm³/mol. The lowest BCUT2D eigenvalue weighted by molar-refractivity contribution is 0.388. The molecule has 1 saturated carbocycles. The number of fused-ring (bicyclic) bond motifs is 1. The Hall–Kier alpha value is 0.0400. The van der Waals surface area contributed by atoms with Gasteiger partial charge in [-0.2, -0.15) is 0 Å². The van der Waals surface area contributed by atoms with Crippen LogP contribution in [0.25, 0.3) is 0 Å². The Morgan fingerprint density at radius 2 is 1.22 bits per heavy atom. The molecule has 0 aromatic carbocycles. The van der Waals surface area contributed by atoms with E-state index < -0.39 is 0 Å². The molecule has 0 aromatic rings. The largest absolute Gasteiger partial charge is 0.290 e. The molecule has 0 radical (unpaired) electrons. The molecule has 1 aliphatic heterocycles. The monoisotopic (exact) mass is 284 g/mol. The van der Waals surface area contributed by atoms with E-state index in [2.05, 4.69) is 40.1 Å². The molecule has 18 heavy (non-hydrogen) atoms. The molecule has 2 rings (SSSR count). The van der Waals surface area contributed by atoms with E-state index in [9.17, 15) is 0 Å². The van der Waals surface area contributed by atoms with Gasteiger partial charge in [-0.15, -0.1) is 0 Å². The fraction of sp³-hybridized carbons (Fsp3) is 0.857. The molecule has 0 unspecified atom stereocenters. The fourth-order valence-electron chi connectivity index (χ4n) is 2.25. The van der Waals surface area contributed by atoms with Crippen LogP contribution >= 0.6 is 21.6 Å². The molecule has 2 atom stereocenters. The summed E-state index contributed by atoms with van der Waals surface area (Å²) in [7, 11) is 3.80. The molecule has 0 amide bonds. The van der Waals surface area contributed by atoms with Gasteiger partial charge in [0.2, 0.25) is 0 Å². The molecule has 2 nitrogen and oxygen atoms in total. The van der Waals surface area contributed by atoms with Crippen molar-refractivity contribution in [1.82, 2.24) is 0 Å². The SMILES string of the molecule is CC1(C)C=N[C@@H]2CCCC[C@H]2N=CC(C)(C)SS1. The van der Waals surface area contributed by atoms with Crippen molar-refractivity contribution in [2.75, 3.05) is 0 Å². The average Bonchev–Trinajstić information content (AvgIpc) is 2.32. The van der Waals surface area contributed by atoms with Crippen molar-refractivity contribution >= 4 is 34.0 Å². The molecular formula is C14H24N2S2. The molecule has 0 aromatic heterocycles. The molecule has 1 heterocycles. The minimum Gasteiger partial charge on any atom is -0.290 e. The summed E-state index contributed by atoms with van der Waals surface area (Å²) in [6.45, 7) is 9.00. The Labute approximate surface area is 119 Å². The average molecular weight is 284 g/mol. The molecule has 1 aliphatic carbocycles. The zero-order valence-corrected chi connectivity index (χ0v) is 13.5. The summed E-state index contributed by atoms with van der Waals surface area (Å²) in [6, 6.07) is 0.822. The van der Waals surface area contributed by atoms with Crippen LogP contribution in [0.15, 0.2) is 9.98 Å². The lowest BCUT2D eigenvalue weighted by Gasteiger charge is -2.31. The van der Waals surface area contributed by atoms with E-state index in [-0.39, 0.29) is 9.49 Å². The van der Waals surface area contributed by atoms with E-state index in [0.29, 0.717) is 12.1 Å². The van der Waals surface area contributed by atoms with Gasteiger partial charge in [0.05, 0.1) is 21.6 Å². The predicted octanol–water partition coefficient (Wildman–Crippen LogP) is 4.39. The fourth-order valence-corrected chi connectivity index (χ4v) is 4.43. The summed E-state index contributed by atoms with van der Waals surface area (Å²) in [5.41, 5.74) is 0. The summed E-state index contributed by atoms with van der Waals surface area (Å²) in [5, 5.41) is 0. The second-order valence-corrected chi connectivity index (χ2v) is 9.79. The lowest BCUT2D eigenvalue weighted by Crippen LogP contribution is -2.31. The highest BCUT2D eigenvalue weighted by molar-refractivity contribution is 8.78. The van der Waals surface area contributed by atoms with Gasteiger partial charge < -0.3 is 0 Å². The Bertz CT molecular complexity index is 314. The Kier molecular flexibility index (Phi) is 4.48. The summed E-state index contributed by atoms with van der Waals surface area (Å²) < 4.78 is 0.213. The molecular weight excluding hydrogens is 260 g/mol. The maximum absolute atomic E-state index is 4.83. The highest BCUT2D eigenvalue weighted by atomic mass is 33.1. The summed E-state index contributed by atoms with van der Waals surface area (Å²) >= 11 is 0. The second kappa shape index (κ2) is 5.58. The van der Waals surface area contributed by atoms with Crippen molar-refractivity contribution in [2.45, 2.75) is 75.0 Å². The zero-order valence-electron chi connectivity index (χ0n) is 11.8. The first-order valence-corrected chi connectivity index (χ1v) is 8.98. The minimum atomic E-state index is 0.106. The third-order valence-corrected chi connectivity index (χ3v) is 7.30. The maximum atomic E-state index is 4.83. The molecule has 4 heteroatoms. The van der Waals surface area contributed by atoms with Crippen LogP contribution in [0.4, 0.5) is 0 Å². The Balaban J connectivity index is 2.23. The molecule has 0 spiro atoms. The van der Waals surface area contributed by atoms with E-state index in [0.717, 1.165) is 0 Å². The molecule has 0 saturated heterocycles. The number of nitrogens with zero attached hydrogens (tertiary/aromatic N) is 2. The van der Waals surface area contributed by atoms with Gasteiger partial charge in [0.1, 0.15) is 0 Å². The van der Waals surface area contributed by atoms with Crippen LogP contribution < -0.4 is 0 Å². The normalized spacial score (nSPS) is 34.9. The van der Waals surface area contributed by atoms with Crippen molar-refractivity contribution in [3.63, 3.8) is 0 Å². The van der Waals surface area contributed by atoms with Crippen LogP contribution in [0, 0.1) is 0 Å². The van der Waals surface area contributed by atoms with E-state index in [1.54, 1.807) is 0 Å². The smallest absolute Gasteiger partial charge is 0.0719 e. The van der Waals surface area contributed by atoms with E-state index in [1.807, 2.05) is 21.6 Å². The zero-order chi connectivity index (χ0) is 13.2. The van der Waals surface area contributed by atoms with Crippen LogP contribution in [0.3, 0.4) is 0 Å². The van der Waals surface area contributed by atoms with E-state index >= 15 is 0 Å². The molecule has 0 bridgehead atoms. The van der Waals surface area contributed by atoms with Crippen molar-refractivity contribution < 1.29 is 0 Å². The Morgan fingerprint density at radius 1 is 0.833 bits per heavy atom. The number of hydrogen-bond donors (Lipinski definition) is 0. The molecule has 102 valence electrons. The third-order valence-electron chi connectivity index (χ3n) is 3.32. The van der Waals surface area contributed by atoms with Crippen molar-refractivity contribution in [3.8, 4) is 0 Å². The minimum absolute atomic E-state index is 0.106. The van der Waals surface area contributed by atoms with Crippen LogP contribution in [0.2, 0.25) is 0 Å². The highest BCUT2D eigenvalue weighted by Gasteiger charge is 2.29. The van der Waals surface area contributed by atoms with Gasteiger partial charge in [-0.05, 0) is 40.5 Å². The topological polar surface area (TPSA) is 24.7 Å². The van der Waals surface area contributed by atoms with Gasteiger partial charge in [-0.25, -0.2) is 0 Å². The van der Waals surface area contributed by atoms with Crippen LogP contribution in [0.1, 0.15) is 53.4 Å². The molecule has 2 aliphatic rings. The highest BCUT2D eigenvalue weighted by Crippen LogP contribution is 2.43. The first-order chi connectivity index (χ1) is 8.38. The molecule has 1 fully saturated rings. The standard InChI is InChI=1S/C14H24N2S2/c1-13(2)9-15-11-7-5-6-8-12(11)16-10-14(3,4)18-17-13/h9-12H,5-8H2,1-4H3/t11-,12-/m1/s1. The van der Waals surface area contributed by atoms with Gasteiger partial charge >= 0.3 is 0 Å². The molecule has 0 N–H and O–H groups in total. The van der Waals surface area contributed by atoms with Gasteiger partial charge in [0, 0.05) is 12.4 Å². The Morgan fingerprint density at radius 3 is 1.61 bits per heavy atom. The van der Waals surface area contributed by atoms with Crippen molar-refractivity contribution in [3.05, 3.63) is 0 Å². The van der Waals surface area contributed by atoms with Crippen LogP contribution in [0.5, 0.6) is 0 Å². The first kappa shape index (κ1) is 14.4. The van der Waals surface area contributed by atoms with Crippen molar-refractivity contribution in [2.24, 2.45) is 9.98 Å². The maximum Gasteiger partial charge on any atom is 0.0719 e. The van der Waals surface area contributed by atoms with E-state index in [4.69, 9.17) is 9.98 Å². The number of aliphatic imine (C=N–C) groups is 2. The number of hydrogen-bond acceptors (Lipinski definition) is 4. The summed E-state index contributed by atoms with van der Waals surface area (Å²) in [4.78, 5) is 9.67. The van der Waals surface area contributed by atoms with Gasteiger partial charge in [-0.3, -0.25) is 9.98 Å². The van der Waals surface area contributed by atoms with Gasteiger partial charge in [0.25, 0.3) is 0 Å². The van der Waals surface area contributed by atoms with Crippen LogP contribution in [-0.4, -0.2) is 34.0 Å². The van der Waals surface area contributed by atoms with Gasteiger partial charge in [0.15, 0.2) is 0 Å². The van der Waals surface area contributed by atoms with E-state index in [1.165, 1.54) is 25.7 Å². The summed E-state index contributed by atoms with van der Waals surface area (Å²) in [6.07, 6.45) is 9.33. The second-order valence-electron chi connectivity index (χ2n) is 6.35. The van der Waals surface area contributed by atoms with Crippen LogP contribution in [-0.2, 0) is 0 Å². The summed E-state index contributed by atoms with van der Waals surface area (Å²) in [5.74, 6) is 0.